The van der Waals surface area contributed by atoms with Crippen LogP contribution in [-0.2, 0) is 0 Å². The molecule has 1 saturated heterocycles. The van der Waals surface area contributed by atoms with Crippen LogP contribution in [0.2, 0.25) is 5.02 Å². The number of aryl methyl sites for hydroxylation is 1. The quantitative estimate of drug-likeness (QED) is 0.529. The van der Waals surface area contributed by atoms with Gasteiger partial charge in [0.25, 0.3) is 5.91 Å². The number of carbonyl (C=O) groups is 1. The van der Waals surface area contributed by atoms with Crippen LogP contribution in [0, 0.1) is 6.92 Å². The van der Waals surface area contributed by atoms with E-state index in [1.807, 2.05) is 47.4 Å². The largest absolute Gasteiger partial charge is 0.353 e. The summed E-state index contributed by atoms with van der Waals surface area (Å²) < 4.78 is 0. The van der Waals surface area contributed by atoms with E-state index in [2.05, 4.69) is 28.9 Å². The Balaban J connectivity index is 1.33. The first kappa shape index (κ1) is 18.0. The van der Waals surface area contributed by atoms with Crippen LogP contribution in [0.3, 0.4) is 0 Å². The molecule has 0 aliphatic carbocycles. The highest BCUT2D eigenvalue weighted by molar-refractivity contribution is 6.35. The van der Waals surface area contributed by atoms with E-state index >= 15 is 0 Å². The number of benzene rings is 2. The lowest BCUT2D eigenvalue weighted by Crippen LogP contribution is -2.49. The highest BCUT2D eigenvalue weighted by Crippen LogP contribution is 2.25. The molecular weight excluding hydrogens is 384 g/mol. The van der Waals surface area contributed by atoms with Crippen molar-refractivity contribution in [2.75, 3.05) is 31.1 Å². The monoisotopic (exact) mass is 404 g/mol. The average Bonchev–Trinajstić information content (AvgIpc) is 3.19. The van der Waals surface area contributed by atoms with Crippen molar-refractivity contribution < 1.29 is 4.79 Å². The Labute approximate surface area is 173 Å². The smallest absolute Gasteiger partial charge is 0.270 e. The number of aromatic amines is 1. The first-order chi connectivity index (χ1) is 14.1. The Kier molecular flexibility index (Phi) is 4.40. The van der Waals surface area contributed by atoms with E-state index in [0.29, 0.717) is 23.8 Å². The molecule has 146 valence electrons. The van der Waals surface area contributed by atoms with Gasteiger partial charge in [-0.15, -0.1) is 0 Å². The Bertz CT molecular complexity index is 1220. The van der Waals surface area contributed by atoms with Gasteiger partial charge in [0.15, 0.2) is 0 Å². The fraction of sp³-hybridized carbons (Fsp3) is 0.217. The standard InChI is InChI=1S/C23H21ClN4O/c1-15-13-21(25-19-8-3-2-6-17(15)19)27-9-11-28(12-10-27)23(29)20-14-16-5-4-7-18(24)22(16)26-20/h2-8,13-14,26H,9-12H2,1H3. The van der Waals surface area contributed by atoms with Gasteiger partial charge in [0, 0.05) is 37.0 Å². The predicted molar refractivity (Wildman–Crippen MR) is 118 cm³/mol. The third kappa shape index (κ3) is 3.21. The number of pyridine rings is 1. The minimum Gasteiger partial charge on any atom is -0.353 e. The number of nitrogens with one attached hydrogen (secondary N) is 1. The van der Waals surface area contributed by atoms with Gasteiger partial charge in [-0.05, 0) is 36.8 Å². The number of carbonyl (C=O) groups excluding carboxylic acids is 1. The molecule has 0 atom stereocenters. The van der Waals surface area contributed by atoms with E-state index in [0.717, 1.165) is 35.3 Å². The van der Waals surface area contributed by atoms with Gasteiger partial charge in [-0.2, -0.15) is 0 Å². The van der Waals surface area contributed by atoms with E-state index in [1.165, 1.54) is 10.9 Å². The maximum atomic E-state index is 13.0. The zero-order chi connectivity index (χ0) is 20.0. The van der Waals surface area contributed by atoms with Gasteiger partial charge < -0.3 is 14.8 Å². The molecular formula is C23H21ClN4O. The summed E-state index contributed by atoms with van der Waals surface area (Å²) in [6.45, 7) is 4.97. The number of hydrogen-bond donors (Lipinski definition) is 1. The number of piperazine rings is 1. The molecule has 0 bridgehead atoms. The highest BCUT2D eigenvalue weighted by atomic mass is 35.5. The summed E-state index contributed by atoms with van der Waals surface area (Å²) >= 11 is 6.23. The van der Waals surface area contributed by atoms with Crippen molar-refractivity contribution in [2.24, 2.45) is 0 Å². The van der Waals surface area contributed by atoms with E-state index < -0.39 is 0 Å². The Hall–Kier alpha value is -3.05. The summed E-state index contributed by atoms with van der Waals surface area (Å²) in [4.78, 5) is 25.1. The van der Waals surface area contributed by atoms with Crippen LogP contribution in [0.25, 0.3) is 21.8 Å². The van der Waals surface area contributed by atoms with Gasteiger partial charge in [0.1, 0.15) is 11.5 Å². The first-order valence-corrected chi connectivity index (χ1v) is 10.2. The summed E-state index contributed by atoms with van der Waals surface area (Å²) in [7, 11) is 0. The maximum absolute atomic E-state index is 13.0. The summed E-state index contributed by atoms with van der Waals surface area (Å²) in [6.07, 6.45) is 0. The van der Waals surface area contributed by atoms with Crippen LogP contribution in [0.5, 0.6) is 0 Å². The normalized spacial score (nSPS) is 14.7. The molecule has 2 aromatic carbocycles. The van der Waals surface area contributed by atoms with Crippen molar-refractivity contribution >= 4 is 45.1 Å². The lowest BCUT2D eigenvalue weighted by molar-refractivity contribution is 0.0741. The number of amides is 1. The number of aromatic nitrogens is 2. The third-order valence-electron chi connectivity index (χ3n) is 5.64. The molecule has 2 aromatic heterocycles. The van der Waals surface area contributed by atoms with Gasteiger partial charge >= 0.3 is 0 Å². The second kappa shape index (κ2) is 7.08. The van der Waals surface area contributed by atoms with Gasteiger partial charge in [0.2, 0.25) is 0 Å². The predicted octanol–water partition coefficient (Wildman–Crippen LogP) is 4.64. The zero-order valence-electron chi connectivity index (χ0n) is 16.2. The molecule has 1 amide bonds. The minimum absolute atomic E-state index is 0.0135. The molecule has 3 heterocycles. The zero-order valence-corrected chi connectivity index (χ0v) is 16.9. The topological polar surface area (TPSA) is 52.2 Å². The molecule has 1 N–H and O–H groups in total. The number of H-pyrrole nitrogens is 1. The maximum Gasteiger partial charge on any atom is 0.270 e. The van der Waals surface area contributed by atoms with Crippen LogP contribution in [0.1, 0.15) is 16.1 Å². The van der Waals surface area contributed by atoms with E-state index in [9.17, 15) is 4.79 Å². The van der Waals surface area contributed by atoms with Crippen LogP contribution < -0.4 is 4.90 Å². The van der Waals surface area contributed by atoms with Crippen molar-refractivity contribution in [3.8, 4) is 0 Å². The van der Waals surface area contributed by atoms with Crippen LogP contribution in [0.15, 0.2) is 54.6 Å². The fourth-order valence-electron chi connectivity index (χ4n) is 4.04. The van der Waals surface area contributed by atoms with Gasteiger partial charge in [0.05, 0.1) is 16.1 Å². The SMILES string of the molecule is Cc1cc(N2CCN(C(=O)c3cc4cccc(Cl)c4[nH]3)CC2)nc2ccccc12. The molecule has 4 aromatic rings. The lowest BCUT2D eigenvalue weighted by Gasteiger charge is -2.35. The Morgan fingerprint density at radius 2 is 1.83 bits per heavy atom. The number of rotatable bonds is 2. The molecule has 1 aliphatic rings. The molecule has 29 heavy (non-hydrogen) atoms. The highest BCUT2D eigenvalue weighted by Gasteiger charge is 2.24. The van der Waals surface area contributed by atoms with Crippen molar-refractivity contribution in [2.45, 2.75) is 6.92 Å². The Morgan fingerprint density at radius 1 is 1.03 bits per heavy atom. The van der Waals surface area contributed by atoms with Crippen molar-refractivity contribution in [3.05, 3.63) is 70.9 Å². The molecule has 5 rings (SSSR count). The number of anilines is 1. The number of halogens is 1. The van der Waals surface area contributed by atoms with Crippen molar-refractivity contribution in [3.63, 3.8) is 0 Å². The molecule has 0 spiro atoms. The number of hydrogen-bond acceptors (Lipinski definition) is 3. The van der Waals surface area contributed by atoms with Crippen LogP contribution in [0.4, 0.5) is 5.82 Å². The fourth-order valence-corrected chi connectivity index (χ4v) is 4.27. The molecule has 0 saturated carbocycles. The second-order valence-corrected chi connectivity index (χ2v) is 7.89. The second-order valence-electron chi connectivity index (χ2n) is 7.48. The van der Waals surface area contributed by atoms with Gasteiger partial charge in [-0.1, -0.05) is 41.9 Å². The molecule has 6 heteroatoms. The lowest BCUT2D eigenvalue weighted by atomic mass is 10.1. The van der Waals surface area contributed by atoms with Crippen LogP contribution in [-0.4, -0.2) is 47.0 Å². The molecule has 1 fully saturated rings. The molecule has 0 radical (unpaired) electrons. The van der Waals surface area contributed by atoms with E-state index in [1.54, 1.807) is 0 Å². The summed E-state index contributed by atoms with van der Waals surface area (Å²) in [5.74, 6) is 0.991. The van der Waals surface area contributed by atoms with Crippen LogP contribution >= 0.6 is 11.6 Å². The Morgan fingerprint density at radius 3 is 2.62 bits per heavy atom. The first-order valence-electron chi connectivity index (χ1n) is 9.78. The number of para-hydroxylation sites is 2. The summed E-state index contributed by atoms with van der Waals surface area (Å²) in [5, 5.41) is 2.77. The van der Waals surface area contributed by atoms with Gasteiger partial charge in [-0.3, -0.25) is 4.79 Å². The van der Waals surface area contributed by atoms with Crippen molar-refractivity contribution in [1.29, 1.82) is 0 Å². The van der Waals surface area contributed by atoms with Crippen molar-refractivity contribution in [1.82, 2.24) is 14.9 Å². The number of nitrogens with zero attached hydrogens (tertiary/aromatic N) is 3. The summed E-state index contributed by atoms with van der Waals surface area (Å²) in [6, 6.07) is 17.9. The molecule has 5 nitrogen and oxygen atoms in total. The van der Waals surface area contributed by atoms with E-state index in [-0.39, 0.29) is 5.91 Å². The summed E-state index contributed by atoms with van der Waals surface area (Å²) in [5.41, 5.74) is 3.63. The average molecular weight is 405 g/mol. The minimum atomic E-state index is 0.0135. The van der Waals surface area contributed by atoms with Gasteiger partial charge in [-0.25, -0.2) is 4.98 Å². The number of fused-ring (bicyclic) bond motifs is 2. The molecule has 1 aliphatic heterocycles. The molecule has 0 unspecified atom stereocenters. The third-order valence-corrected chi connectivity index (χ3v) is 5.95. The van der Waals surface area contributed by atoms with E-state index in [4.69, 9.17) is 16.6 Å².